The van der Waals surface area contributed by atoms with E-state index >= 15 is 0 Å². The van der Waals surface area contributed by atoms with Crippen molar-refractivity contribution < 1.29 is 24.4 Å². The van der Waals surface area contributed by atoms with Gasteiger partial charge in [-0.3, -0.25) is 0 Å². The maximum absolute atomic E-state index is 9.21. The first kappa shape index (κ1) is 19.3. The molecule has 1 aromatic rings. The second kappa shape index (κ2) is 8.23. The zero-order chi connectivity index (χ0) is 16.8. The zero-order valence-electron chi connectivity index (χ0n) is 13.7. The minimum atomic E-state index is -1.03. The molecule has 0 saturated heterocycles. The molecule has 0 aliphatic rings. The third-order valence-electron chi connectivity index (χ3n) is 3.64. The Labute approximate surface area is 134 Å². The Hall–Kier alpha value is -0.710. The van der Waals surface area contributed by atoms with Crippen LogP contribution in [0.15, 0.2) is 18.2 Å². The zero-order valence-corrected chi connectivity index (χ0v) is 14.7. The van der Waals surface area contributed by atoms with E-state index < -0.39 is 5.41 Å². The summed E-state index contributed by atoms with van der Waals surface area (Å²) in [5.41, 5.74) is 1.33. The quantitative estimate of drug-likeness (QED) is 0.503. The molecule has 3 N–H and O–H groups in total. The van der Waals surface area contributed by atoms with Crippen molar-refractivity contribution in [2.45, 2.75) is 33.1 Å². The summed E-state index contributed by atoms with van der Waals surface area (Å²) < 4.78 is 10.9. The molecule has 1 unspecified atom stereocenters. The summed E-state index contributed by atoms with van der Waals surface area (Å²) in [4.78, 5) is 0. The van der Waals surface area contributed by atoms with E-state index in [1.54, 1.807) is 0 Å². The summed E-state index contributed by atoms with van der Waals surface area (Å²) in [7, 11) is -0.261. The fourth-order valence-electron chi connectivity index (χ4n) is 1.77. The molecule has 5 nitrogen and oxygen atoms in total. The van der Waals surface area contributed by atoms with Crippen LogP contribution in [0.5, 0.6) is 5.75 Å². The number of hydrogen-bond donors (Lipinski definition) is 3. The number of aryl methyl sites for hydroxylation is 1. The Kier molecular flexibility index (Phi) is 7.23. The van der Waals surface area contributed by atoms with Crippen molar-refractivity contribution in [1.82, 2.24) is 0 Å². The van der Waals surface area contributed by atoms with Gasteiger partial charge in [-0.25, -0.2) is 0 Å². The van der Waals surface area contributed by atoms with E-state index in [1.165, 1.54) is 5.56 Å². The Morgan fingerprint density at radius 2 is 1.64 bits per heavy atom. The van der Waals surface area contributed by atoms with Gasteiger partial charge in [-0.05, 0) is 29.5 Å². The molecule has 0 amide bonds. The predicted octanol–water partition coefficient (Wildman–Crippen LogP) is 2.16. The highest BCUT2D eigenvalue weighted by Gasteiger charge is 2.28. The third kappa shape index (κ3) is 5.18. The number of aliphatic hydroxyl groups excluding tert-OH is 3. The van der Waals surface area contributed by atoms with Gasteiger partial charge >= 0.3 is 0 Å². The predicted molar refractivity (Wildman–Crippen MR) is 88.5 cm³/mol. The summed E-state index contributed by atoms with van der Waals surface area (Å²) in [5, 5.41) is 27.6. The van der Waals surface area contributed by atoms with Gasteiger partial charge in [-0.2, -0.15) is 0 Å². The van der Waals surface area contributed by atoms with Crippen LogP contribution >= 0.6 is 9.03 Å². The number of hydrogen-bond acceptors (Lipinski definition) is 5. The second-order valence-electron chi connectivity index (χ2n) is 6.68. The van der Waals surface area contributed by atoms with Gasteiger partial charge in [0.15, 0.2) is 0 Å². The molecule has 0 spiro atoms. The molecular weight excluding hydrogens is 303 g/mol. The molecule has 0 radical (unpaired) electrons. The molecule has 0 aromatic heterocycles. The molecule has 1 atom stereocenters. The van der Waals surface area contributed by atoms with Crippen LogP contribution in [0.25, 0.3) is 0 Å². The van der Waals surface area contributed by atoms with E-state index in [0.29, 0.717) is 0 Å². The Morgan fingerprint density at radius 1 is 1.05 bits per heavy atom. The van der Waals surface area contributed by atoms with Crippen LogP contribution in [0, 0.1) is 12.3 Å². The number of rotatable bonds is 8. The molecule has 0 aliphatic carbocycles. The lowest BCUT2D eigenvalue weighted by atomic mass is 9.86. The summed E-state index contributed by atoms with van der Waals surface area (Å²) in [6, 6.07) is 6.05. The Balaban J connectivity index is 2.56. The summed E-state index contributed by atoms with van der Waals surface area (Å²) in [5.74, 6) is 0.744. The average molecular weight is 330 g/mol. The maximum atomic E-state index is 9.21. The van der Waals surface area contributed by atoms with Crippen molar-refractivity contribution in [3.05, 3.63) is 29.3 Å². The van der Waals surface area contributed by atoms with Gasteiger partial charge in [0.25, 0.3) is 0 Å². The smallest absolute Gasteiger partial charge is 0.215 e. The van der Waals surface area contributed by atoms with Crippen LogP contribution in [-0.4, -0.2) is 41.7 Å². The van der Waals surface area contributed by atoms with E-state index in [0.717, 1.165) is 11.3 Å². The van der Waals surface area contributed by atoms with E-state index in [4.69, 9.17) is 9.05 Å². The Bertz CT molecular complexity index is 458. The molecule has 0 fully saturated rings. The minimum absolute atomic E-state index is 0.0358. The van der Waals surface area contributed by atoms with Gasteiger partial charge in [0.05, 0.1) is 31.8 Å². The topological polar surface area (TPSA) is 79.2 Å². The van der Waals surface area contributed by atoms with Crippen LogP contribution in [0.1, 0.15) is 31.9 Å². The lowest BCUT2D eigenvalue weighted by molar-refractivity contribution is -0.0239. The largest absolute Gasteiger partial charge is 0.449 e. The lowest BCUT2D eigenvalue weighted by Gasteiger charge is -2.26. The van der Waals surface area contributed by atoms with Gasteiger partial charge < -0.3 is 24.4 Å². The summed E-state index contributed by atoms with van der Waals surface area (Å²) >= 11 is 0. The highest BCUT2D eigenvalue weighted by Crippen LogP contribution is 2.31. The van der Waals surface area contributed by atoms with Crippen molar-refractivity contribution in [2.75, 3.05) is 26.4 Å². The SMILES string of the molecule is Cc1cc(C(C)(C)C)ccc1OPOCC(CO)(CO)CO. The van der Waals surface area contributed by atoms with Crippen molar-refractivity contribution in [3.63, 3.8) is 0 Å². The minimum Gasteiger partial charge on any atom is -0.449 e. The first-order chi connectivity index (χ1) is 10.3. The highest BCUT2D eigenvalue weighted by molar-refractivity contribution is 7.26. The van der Waals surface area contributed by atoms with Gasteiger partial charge in [0, 0.05) is 0 Å². The number of benzene rings is 1. The first-order valence-electron chi connectivity index (χ1n) is 7.25. The molecule has 1 aromatic carbocycles. The standard InChI is InChI=1S/C16H27O5P/c1-12-7-13(15(2,3)4)5-6-14(12)21-22-20-11-16(8-17,9-18)10-19/h5-7,17-19,22H,8-11H2,1-4H3. The monoisotopic (exact) mass is 330 g/mol. The molecule has 0 heterocycles. The van der Waals surface area contributed by atoms with E-state index in [2.05, 4.69) is 26.8 Å². The van der Waals surface area contributed by atoms with E-state index in [9.17, 15) is 15.3 Å². The van der Waals surface area contributed by atoms with Crippen molar-refractivity contribution >= 4 is 9.03 Å². The van der Waals surface area contributed by atoms with Gasteiger partial charge in [-0.1, -0.05) is 32.9 Å². The molecule has 6 heteroatoms. The third-order valence-corrected chi connectivity index (χ3v) is 4.20. The van der Waals surface area contributed by atoms with Crippen molar-refractivity contribution in [2.24, 2.45) is 5.41 Å². The second-order valence-corrected chi connectivity index (χ2v) is 7.34. The van der Waals surface area contributed by atoms with Gasteiger partial charge in [0.1, 0.15) is 5.75 Å². The van der Waals surface area contributed by atoms with Crippen LogP contribution in [-0.2, 0) is 9.94 Å². The summed E-state index contributed by atoms with van der Waals surface area (Å²) in [6.45, 7) is 7.46. The Morgan fingerprint density at radius 3 is 2.09 bits per heavy atom. The summed E-state index contributed by atoms with van der Waals surface area (Å²) in [6.07, 6.45) is 0. The van der Waals surface area contributed by atoms with Crippen LogP contribution < -0.4 is 4.52 Å². The molecule has 0 aliphatic heterocycles. The van der Waals surface area contributed by atoms with Gasteiger partial charge in [0.2, 0.25) is 9.03 Å². The van der Waals surface area contributed by atoms with Crippen molar-refractivity contribution in [3.8, 4) is 5.75 Å². The van der Waals surface area contributed by atoms with Crippen LogP contribution in [0.2, 0.25) is 0 Å². The first-order valence-corrected chi connectivity index (χ1v) is 8.07. The molecule has 0 bridgehead atoms. The highest BCUT2D eigenvalue weighted by atomic mass is 31.1. The molecular formula is C16H27O5P. The molecule has 22 heavy (non-hydrogen) atoms. The van der Waals surface area contributed by atoms with E-state index in [1.807, 2.05) is 19.1 Å². The number of aliphatic hydroxyl groups is 3. The fourth-order valence-corrected chi connectivity index (χ4v) is 2.52. The van der Waals surface area contributed by atoms with Crippen LogP contribution in [0.4, 0.5) is 0 Å². The lowest BCUT2D eigenvalue weighted by Crippen LogP contribution is -2.38. The molecule has 0 saturated carbocycles. The molecule has 126 valence electrons. The normalized spacial score (nSPS) is 13.0. The average Bonchev–Trinajstić information content (AvgIpc) is 2.48. The van der Waals surface area contributed by atoms with Gasteiger partial charge in [-0.15, -0.1) is 0 Å². The molecule has 1 rings (SSSR count). The van der Waals surface area contributed by atoms with Crippen molar-refractivity contribution in [1.29, 1.82) is 0 Å². The van der Waals surface area contributed by atoms with E-state index in [-0.39, 0.29) is 40.9 Å². The fraction of sp³-hybridized carbons (Fsp3) is 0.625. The maximum Gasteiger partial charge on any atom is 0.215 e. The van der Waals surface area contributed by atoms with Crippen LogP contribution in [0.3, 0.4) is 0 Å².